The summed E-state index contributed by atoms with van der Waals surface area (Å²) >= 11 is 0. The summed E-state index contributed by atoms with van der Waals surface area (Å²) in [6, 6.07) is 8.60. The van der Waals surface area contributed by atoms with Crippen LogP contribution in [0.15, 0.2) is 30.3 Å². The van der Waals surface area contributed by atoms with Gasteiger partial charge in [-0.3, -0.25) is 0 Å². The van der Waals surface area contributed by atoms with E-state index in [1.165, 1.54) is 0 Å². The third-order valence-electron chi connectivity index (χ3n) is 3.42. The average Bonchev–Trinajstić information content (AvgIpc) is 3.28. The number of rotatable bonds is 7. The average molecular weight is 319 g/mol. The number of carbonyl (C=O) groups excluding carboxylic acids is 2. The normalized spacial score (nSPS) is 14.2. The SMILES string of the molecule is CC(C)OC(=O)C(C(=O)OC(C)C)N(c1ccccc1)C1CC1. The molecule has 0 N–H and O–H groups in total. The zero-order chi connectivity index (χ0) is 17.0. The first-order valence-electron chi connectivity index (χ1n) is 8.14. The minimum atomic E-state index is -1.06. The maximum atomic E-state index is 12.6. The Morgan fingerprint density at radius 3 is 1.83 bits per heavy atom. The van der Waals surface area contributed by atoms with Gasteiger partial charge in [0.05, 0.1) is 12.2 Å². The van der Waals surface area contributed by atoms with E-state index in [-0.39, 0.29) is 18.2 Å². The van der Waals surface area contributed by atoms with Crippen LogP contribution in [-0.2, 0) is 19.1 Å². The Morgan fingerprint density at radius 1 is 0.957 bits per heavy atom. The van der Waals surface area contributed by atoms with Gasteiger partial charge in [0.1, 0.15) is 0 Å². The van der Waals surface area contributed by atoms with Crippen LogP contribution >= 0.6 is 0 Å². The summed E-state index contributed by atoms with van der Waals surface area (Å²) in [4.78, 5) is 27.0. The molecular formula is C18H25NO4. The van der Waals surface area contributed by atoms with Crippen LogP contribution in [0.4, 0.5) is 5.69 Å². The summed E-state index contributed by atoms with van der Waals surface area (Å²) in [5.74, 6) is -1.11. The molecule has 0 aromatic heterocycles. The van der Waals surface area contributed by atoms with Crippen molar-refractivity contribution >= 4 is 17.6 Å². The molecule has 1 saturated carbocycles. The highest BCUT2D eigenvalue weighted by Gasteiger charge is 2.44. The molecule has 23 heavy (non-hydrogen) atoms. The zero-order valence-corrected chi connectivity index (χ0v) is 14.2. The molecule has 1 aromatic rings. The van der Waals surface area contributed by atoms with Gasteiger partial charge in [0, 0.05) is 11.7 Å². The molecule has 1 aromatic carbocycles. The van der Waals surface area contributed by atoms with E-state index >= 15 is 0 Å². The minimum Gasteiger partial charge on any atom is -0.461 e. The second-order valence-electron chi connectivity index (χ2n) is 6.35. The van der Waals surface area contributed by atoms with Gasteiger partial charge in [-0.25, -0.2) is 9.59 Å². The Labute approximate surface area is 137 Å². The molecule has 0 heterocycles. The highest BCUT2D eigenvalue weighted by atomic mass is 16.6. The molecular weight excluding hydrogens is 294 g/mol. The molecule has 0 spiro atoms. The summed E-state index contributed by atoms with van der Waals surface area (Å²) in [6.07, 6.45) is 1.34. The molecule has 5 heteroatoms. The molecule has 2 rings (SSSR count). The Morgan fingerprint density at radius 2 is 1.43 bits per heavy atom. The van der Waals surface area contributed by atoms with Crippen molar-refractivity contribution in [2.24, 2.45) is 0 Å². The predicted octanol–water partition coefficient (Wildman–Crippen LogP) is 2.93. The monoisotopic (exact) mass is 319 g/mol. The first-order valence-corrected chi connectivity index (χ1v) is 8.14. The van der Waals surface area contributed by atoms with E-state index in [4.69, 9.17) is 9.47 Å². The van der Waals surface area contributed by atoms with Crippen LogP contribution in [0.25, 0.3) is 0 Å². The fourth-order valence-electron chi connectivity index (χ4n) is 2.44. The predicted molar refractivity (Wildman–Crippen MR) is 88.2 cm³/mol. The maximum Gasteiger partial charge on any atom is 0.340 e. The van der Waals surface area contributed by atoms with Crippen molar-refractivity contribution in [2.45, 2.75) is 64.8 Å². The van der Waals surface area contributed by atoms with Crippen LogP contribution in [-0.4, -0.2) is 36.2 Å². The minimum absolute atomic E-state index is 0.168. The lowest BCUT2D eigenvalue weighted by Crippen LogP contribution is -2.51. The third-order valence-corrected chi connectivity index (χ3v) is 3.42. The molecule has 0 atom stereocenters. The molecule has 1 aliphatic rings. The molecule has 1 fully saturated rings. The number of anilines is 1. The maximum absolute atomic E-state index is 12.6. The second-order valence-corrected chi connectivity index (χ2v) is 6.35. The van der Waals surface area contributed by atoms with Gasteiger partial charge in [-0.05, 0) is 52.7 Å². The second kappa shape index (κ2) is 7.49. The zero-order valence-electron chi connectivity index (χ0n) is 14.2. The van der Waals surface area contributed by atoms with E-state index in [1.807, 2.05) is 35.2 Å². The van der Waals surface area contributed by atoms with Crippen molar-refractivity contribution in [3.63, 3.8) is 0 Å². The Bertz CT molecular complexity index is 515. The standard InChI is InChI=1S/C18H25NO4/c1-12(2)22-17(20)16(18(21)23-13(3)4)19(15-10-11-15)14-8-6-5-7-9-14/h5-9,12-13,15-16H,10-11H2,1-4H3. The van der Waals surface area contributed by atoms with Gasteiger partial charge in [-0.1, -0.05) is 18.2 Å². The fraction of sp³-hybridized carbons (Fsp3) is 0.556. The summed E-state index contributed by atoms with van der Waals surface area (Å²) in [6.45, 7) is 7.08. The van der Waals surface area contributed by atoms with E-state index in [0.717, 1.165) is 18.5 Å². The first-order chi connectivity index (χ1) is 10.9. The van der Waals surface area contributed by atoms with E-state index in [9.17, 15) is 9.59 Å². The Hall–Kier alpha value is -2.04. The van der Waals surface area contributed by atoms with Gasteiger partial charge in [0.2, 0.25) is 6.04 Å². The molecule has 0 radical (unpaired) electrons. The van der Waals surface area contributed by atoms with Crippen molar-refractivity contribution in [2.75, 3.05) is 4.90 Å². The van der Waals surface area contributed by atoms with Gasteiger partial charge >= 0.3 is 11.9 Å². The first kappa shape index (κ1) is 17.3. The van der Waals surface area contributed by atoms with Crippen molar-refractivity contribution in [1.29, 1.82) is 0 Å². The lowest BCUT2D eigenvalue weighted by Gasteiger charge is -2.31. The number of hydrogen-bond acceptors (Lipinski definition) is 5. The number of esters is 2. The van der Waals surface area contributed by atoms with Gasteiger partial charge in [0.15, 0.2) is 0 Å². The smallest absolute Gasteiger partial charge is 0.340 e. The van der Waals surface area contributed by atoms with E-state index < -0.39 is 18.0 Å². The number of nitrogens with zero attached hydrogens (tertiary/aromatic N) is 1. The molecule has 1 aliphatic carbocycles. The summed E-state index contributed by atoms with van der Waals surface area (Å²) in [7, 11) is 0. The Kier molecular flexibility index (Phi) is 5.64. The van der Waals surface area contributed by atoms with Gasteiger partial charge in [-0.2, -0.15) is 0 Å². The van der Waals surface area contributed by atoms with Crippen LogP contribution in [0.3, 0.4) is 0 Å². The van der Waals surface area contributed by atoms with Crippen LogP contribution in [0.5, 0.6) is 0 Å². The van der Waals surface area contributed by atoms with Gasteiger partial charge in [0.25, 0.3) is 0 Å². The molecule has 126 valence electrons. The van der Waals surface area contributed by atoms with E-state index in [1.54, 1.807) is 27.7 Å². The lowest BCUT2D eigenvalue weighted by atomic mass is 10.2. The third kappa shape index (κ3) is 4.71. The molecule has 0 unspecified atom stereocenters. The number of benzene rings is 1. The topological polar surface area (TPSA) is 55.8 Å². The number of carbonyl (C=O) groups is 2. The fourth-order valence-corrected chi connectivity index (χ4v) is 2.44. The molecule has 0 bridgehead atoms. The Balaban J connectivity index is 2.32. The highest BCUT2D eigenvalue weighted by Crippen LogP contribution is 2.34. The van der Waals surface area contributed by atoms with Crippen LogP contribution in [0, 0.1) is 0 Å². The summed E-state index contributed by atoms with van der Waals surface area (Å²) in [5, 5.41) is 0. The van der Waals surface area contributed by atoms with Crippen LogP contribution < -0.4 is 4.90 Å². The van der Waals surface area contributed by atoms with Crippen LogP contribution in [0.1, 0.15) is 40.5 Å². The summed E-state index contributed by atoms with van der Waals surface area (Å²) < 4.78 is 10.6. The molecule has 0 amide bonds. The van der Waals surface area contributed by atoms with Crippen molar-refractivity contribution in [3.8, 4) is 0 Å². The molecule has 0 saturated heterocycles. The number of hydrogen-bond donors (Lipinski definition) is 0. The molecule has 5 nitrogen and oxygen atoms in total. The highest BCUT2D eigenvalue weighted by molar-refractivity contribution is 6.03. The largest absolute Gasteiger partial charge is 0.461 e. The van der Waals surface area contributed by atoms with E-state index in [0.29, 0.717) is 0 Å². The van der Waals surface area contributed by atoms with E-state index in [2.05, 4.69) is 0 Å². The quantitative estimate of drug-likeness (QED) is 0.571. The summed E-state index contributed by atoms with van der Waals surface area (Å²) in [5.41, 5.74) is 0.835. The van der Waals surface area contributed by atoms with Crippen LogP contribution in [0.2, 0.25) is 0 Å². The van der Waals surface area contributed by atoms with Crippen molar-refractivity contribution in [3.05, 3.63) is 30.3 Å². The van der Waals surface area contributed by atoms with Crippen molar-refractivity contribution in [1.82, 2.24) is 0 Å². The van der Waals surface area contributed by atoms with Gasteiger partial charge in [-0.15, -0.1) is 0 Å². The number of ether oxygens (including phenoxy) is 2. The number of para-hydroxylation sites is 1. The molecule has 0 aliphatic heterocycles. The lowest BCUT2D eigenvalue weighted by molar-refractivity contribution is -0.161. The van der Waals surface area contributed by atoms with Gasteiger partial charge < -0.3 is 14.4 Å². The van der Waals surface area contributed by atoms with Crippen molar-refractivity contribution < 1.29 is 19.1 Å².